The average molecular weight is 393 g/mol. The number of allylic oxidation sites excluding steroid dienone is 4. The normalized spacial score (nSPS) is 21.2. The molecule has 1 aliphatic heterocycles. The van der Waals surface area contributed by atoms with Gasteiger partial charge in [0, 0.05) is 47.5 Å². The number of hydrogen-bond donors (Lipinski definition) is 0. The largest absolute Gasteiger partial charge is 0.457 e. The predicted octanol–water partition coefficient (Wildman–Crippen LogP) is 3.58. The predicted molar refractivity (Wildman–Crippen MR) is 98.9 cm³/mol. The number of hydrogen-bond acceptors (Lipinski definition) is 6. The monoisotopic (exact) mass is 392 g/mol. The highest BCUT2D eigenvalue weighted by Crippen LogP contribution is 2.47. The molecule has 0 bridgehead atoms. The van der Waals surface area contributed by atoms with Crippen molar-refractivity contribution >= 4 is 29.0 Å². The Bertz CT molecular complexity index is 1130. The minimum absolute atomic E-state index is 0.00269. The van der Waals surface area contributed by atoms with E-state index in [0.717, 1.165) is 0 Å². The van der Waals surface area contributed by atoms with Crippen molar-refractivity contribution in [2.45, 2.75) is 25.2 Å². The third-order valence-corrected chi connectivity index (χ3v) is 5.49. The number of carbonyl (C=O) groups excluding carboxylic acids is 3. The number of rotatable bonds is 1. The number of ether oxygens (including phenoxy) is 1. The van der Waals surface area contributed by atoms with Gasteiger partial charge in [-0.25, -0.2) is 9.97 Å². The molecule has 0 amide bonds. The van der Waals surface area contributed by atoms with E-state index in [1.807, 2.05) is 0 Å². The van der Waals surface area contributed by atoms with Crippen LogP contribution in [0, 0.1) is 0 Å². The molecule has 6 nitrogen and oxygen atoms in total. The summed E-state index contributed by atoms with van der Waals surface area (Å²) in [5, 5.41) is 0.0607. The van der Waals surface area contributed by atoms with E-state index in [4.69, 9.17) is 16.3 Å². The van der Waals surface area contributed by atoms with Crippen molar-refractivity contribution in [3.8, 4) is 0 Å². The molecule has 1 atom stereocenters. The number of fused-ring (bicyclic) bond motifs is 1. The maximum Gasteiger partial charge on any atom is 0.229 e. The molecule has 28 heavy (non-hydrogen) atoms. The Labute approximate surface area is 164 Å². The summed E-state index contributed by atoms with van der Waals surface area (Å²) in [7, 11) is 0. The molecule has 7 heteroatoms. The number of ketones is 3. The summed E-state index contributed by atoms with van der Waals surface area (Å²) in [6, 6.07) is 6.63. The lowest BCUT2D eigenvalue weighted by Crippen LogP contribution is -2.34. The van der Waals surface area contributed by atoms with Crippen molar-refractivity contribution in [2.24, 2.45) is 0 Å². The number of carbonyl (C=O) groups is 3. The van der Waals surface area contributed by atoms with Crippen molar-refractivity contribution < 1.29 is 19.1 Å². The molecule has 138 valence electrons. The van der Waals surface area contributed by atoms with Gasteiger partial charge in [-0.1, -0.05) is 24.3 Å². The quantitative estimate of drug-likeness (QED) is 0.689. The first-order valence-electron chi connectivity index (χ1n) is 8.90. The Morgan fingerprint density at radius 3 is 2.32 bits per heavy atom. The second-order valence-corrected chi connectivity index (χ2v) is 7.22. The van der Waals surface area contributed by atoms with Crippen molar-refractivity contribution in [2.75, 3.05) is 0 Å². The van der Waals surface area contributed by atoms with Crippen LogP contribution < -0.4 is 0 Å². The number of aromatic nitrogens is 2. The molecular formula is C21H13ClN2O4. The maximum absolute atomic E-state index is 13.3. The highest BCUT2D eigenvalue weighted by Gasteiger charge is 2.46. The van der Waals surface area contributed by atoms with Crippen LogP contribution in [0.5, 0.6) is 0 Å². The third kappa shape index (κ3) is 2.38. The molecule has 1 aromatic heterocycles. The lowest BCUT2D eigenvalue weighted by molar-refractivity contribution is -0.116. The first-order valence-corrected chi connectivity index (χ1v) is 9.28. The molecule has 0 radical (unpaired) electrons. The Morgan fingerprint density at radius 2 is 1.61 bits per heavy atom. The fourth-order valence-corrected chi connectivity index (χ4v) is 4.17. The van der Waals surface area contributed by atoms with Crippen molar-refractivity contribution in [1.82, 2.24) is 9.97 Å². The zero-order valence-electron chi connectivity index (χ0n) is 14.6. The fraction of sp³-hybridized carbons (Fsp3) is 0.190. The fourth-order valence-electron chi connectivity index (χ4n) is 4.07. The first-order chi connectivity index (χ1) is 13.6. The van der Waals surface area contributed by atoms with Gasteiger partial charge >= 0.3 is 0 Å². The summed E-state index contributed by atoms with van der Waals surface area (Å²) in [6.45, 7) is 0. The van der Waals surface area contributed by atoms with Crippen molar-refractivity contribution in [1.29, 1.82) is 0 Å². The number of halogens is 1. The summed E-state index contributed by atoms with van der Waals surface area (Å²) < 4.78 is 5.88. The highest BCUT2D eigenvalue weighted by molar-refractivity contribution is 6.28. The molecule has 2 aliphatic carbocycles. The summed E-state index contributed by atoms with van der Waals surface area (Å²) in [5.74, 6) is -1.06. The van der Waals surface area contributed by atoms with Crippen LogP contribution in [0.1, 0.15) is 51.5 Å². The minimum Gasteiger partial charge on any atom is -0.457 e. The molecule has 3 aliphatic rings. The lowest BCUT2D eigenvalue weighted by Gasteiger charge is -2.35. The minimum atomic E-state index is -0.742. The number of benzene rings is 1. The summed E-state index contributed by atoms with van der Waals surface area (Å²) in [5.41, 5.74) is 1.73. The van der Waals surface area contributed by atoms with Gasteiger partial charge in [0.1, 0.15) is 5.76 Å². The van der Waals surface area contributed by atoms with E-state index in [1.165, 1.54) is 12.4 Å². The van der Waals surface area contributed by atoms with Crippen molar-refractivity contribution in [3.05, 3.63) is 81.3 Å². The van der Waals surface area contributed by atoms with Gasteiger partial charge in [-0.3, -0.25) is 14.4 Å². The highest BCUT2D eigenvalue weighted by atomic mass is 35.5. The topological polar surface area (TPSA) is 86.2 Å². The van der Waals surface area contributed by atoms with E-state index in [1.54, 1.807) is 24.3 Å². The molecule has 5 rings (SSSR count). The molecule has 1 aromatic carbocycles. The number of Topliss-reactive ketones (excluding diaryl/α,β-unsaturated/α-hetero) is 3. The van der Waals surface area contributed by atoms with Crippen LogP contribution in [0.25, 0.3) is 0 Å². The number of nitrogens with zero attached hydrogens (tertiary/aromatic N) is 2. The van der Waals surface area contributed by atoms with Gasteiger partial charge in [-0.05, 0) is 18.0 Å². The van der Waals surface area contributed by atoms with Crippen LogP contribution in [-0.2, 0) is 9.53 Å². The van der Waals surface area contributed by atoms with Crippen LogP contribution in [0.15, 0.2) is 59.3 Å². The Hall–Kier alpha value is -3.12. The Morgan fingerprint density at radius 1 is 0.929 bits per heavy atom. The first kappa shape index (κ1) is 17.0. The van der Waals surface area contributed by atoms with E-state index in [0.29, 0.717) is 47.3 Å². The van der Waals surface area contributed by atoms with Crippen LogP contribution in [0.4, 0.5) is 0 Å². The Balaban J connectivity index is 1.76. The second-order valence-electron chi connectivity index (χ2n) is 6.88. The zero-order valence-corrected chi connectivity index (χ0v) is 15.3. The lowest BCUT2D eigenvalue weighted by atomic mass is 9.72. The average Bonchev–Trinajstić information content (AvgIpc) is 2.71. The molecule has 2 heterocycles. The molecule has 0 spiro atoms. The zero-order chi connectivity index (χ0) is 19.4. The Kier molecular flexibility index (Phi) is 3.77. The standard InChI is InChI=1S/C21H13ClN2O4/c22-21-23-8-10(9-24-21)15-16-13(25)6-3-7-14(16)28-20-17(15)18(26)11-4-1-2-5-12(11)19(20)27/h1-2,4-5,8-9,15H,3,6-7H2. The smallest absolute Gasteiger partial charge is 0.229 e. The van der Waals surface area contributed by atoms with Crippen molar-refractivity contribution in [3.63, 3.8) is 0 Å². The summed E-state index contributed by atoms with van der Waals surface area (Å²) >= 11 is 5.81. The van der Waals surface area contributed by atoms with E-state index in [9.17, 15) is 14.4 Å². The molecular weight excluding hydrogens is 380 g/mol. The molecule has 1 unspecified atom stereocenters. The van der Waals surface area contributed by atoms with Crippen LogP contribution >= 0.6 is 11.6 Å². The molecule has 0 saturated carbocycles. The van der Waals surface area contributed by atoms with Gasteiger partial charge < -0.3 is 4.74 Å². The van der Waals surface area contributed by atoms with Gasteiger partial charge in [0.15, 0.2) is 17.3 Å². The molecule has 2 aromatic rings. The van der Waals surface area contributed by atoms with E-state index in [2.05, 4.69) is 9.97 Å². The molecule has 0 N–H and O–H groups in total. The van der Waals surface area contributed by atoms with Crippen LogP contribution in [0.2, 0.25) is 5.28 Å². The van der Waals surface area contributed by atoms with Crippen LogP contribution in [0.3, 0.4) is 0 Å². The van der Waals surface area contributed by atoms with E-state index >= 15 is 0 Å². The molecule has 0 fully saturated rings. The maximum atomic E-state index is 13.3. The van der Waals surface area contributed by atoms with E-state index in [-0.39, 0.29) is 34.0 Å². The van der Waals surface area contributed by atoms with Gasteiger partial charge in [0.2, 0.25) is 11.1 Å². The SMILES string of the molecule is O=C1CCCC2=C1C(c1cnc(Cl)nc1)C1=C(O2)C(=O)c2ccccc2C1=O. The summed E-state index contributed by atoms with van der Waals surface area (Å²) in [6.07, 6.45) is 4.52. The third-order valence-electron chi connectivity index (χ3n) is 5.30. The van der Waals surface area contributed by atoms with Gasteiger partial charge in [0.05, 0.1) is 11.5 Å². The molecule has 0 saturated heterocycles. The van der Waals surface area contributed by atoms with Crippen LogP contribution in [-0.4, -0.2) is 27.3 Å². The van der Waals surface area contributed by atoms with Gasteiger partial charge in [-0.15, -0.1) is 0 Å². The van der Waals surface area contributed by atoms with Gasteiger partial charge in [0.25, 0.3) is 0 Å². The van der Waals surface area contributed by atoms with Gasteiger partial charge in [-0.2, -0.15) is 0 Å². The second kappa shape index (κ2) is 6.21. The summed E-state index contributed by atoms with van der Waals surface area (Å²) in [4.78, 5) is 47.2. The van der Waals surface area contributed by atoms with E-state index < -0.39 is 5.92 Å².